The van der Waals surface area contributed by atoms with Crippen LogP contribution in [0.5, 0.6) is 0 Å². The van der Waals surface area contributed by atoms with Gasteiger partial charge in [-0.05, 0) is 60.7 Å². The molecule has 4 rings (SSSR count). The molecule has 1 aliphatic rings. The Bertz CT molecular complexity index is 1090. The minimum absolute atomic E-state index is 0.0412. The van der Waals surface area contributed by atoms with E-state index in [4.69, 9.17) is 4.74 Å². The predicted octanol–water partition coefficient (Wildman–Crippen LogP) is 4.16. The summed E-state index contributed by atoms with van der Waals surface area (Å²) in [5, 5.41) is 10.3. The molecule has 1 atom stereocenters. The maximum absolute atomic E-state index is 12.7. The van der Waals surface area contributed by atoms with Gasteiger partial charge in [-0.15, -0.1) is 11.3 Å². The summed E-state index contributed by atoms with van der Waals surface area (Å²) in [6.45, 7) is 1.17. The van der Waals surface area contributed by atoms with Gasteiger partial charge in [-0.1, -0.05) is 18.2 Å². The number of thiophene rings is 1. The number of amides is 3. The van der Waals surface area contributed by atoms with Crippen LogP contribution in [0.2, 0.25) is 0 Å². The van der Waals surface area contributed by atoms with Crippen molar-refractivity contribution in [1.29, 1.82) is 0 Å². The lowest BCUT2D eigenvalue weighted by atomic mass is 10.1. The summed E-state index contributed by atoms with van der Waals surface area (Å²) >= 11 is 1.36. The van der Waals surface area contributed by atoms with Crippen LogP contribution in [0.15, 0.2) is 66.0 Å². The van der Waals surface area contributed by atoms with Crippen LogP contribution < -0.4 is 16.0 Å². The number of carbonyl (C=O) groups is 3. The van der Waals surface area contributed by atoms with Gasteiger partial charge in [0.15, 0.2) is 0 Å². The Hall–Kier alpha value is -3.49. The third-order valence-electron chi connectivity index (χ3n) is 5.08. The first kappa shape index (κ1) is 21.7. The number of carbonyl (C=O) groups excluding carboxylic acids is 3. The molecule has 7 nitrogen and oxygen atoms in total. The molecule has 3 aromatic rings. The fraction of sp³-hybridized carbons (Fsp3) is 0.208. The number of benzene rings is 2. The molecule has 164 valence electrons. The monoisotopic (exact) mass is 449 g/mol. The van der Waals surface area contributed by atoms with Crippen molar-refractivity contribution in [2.75, 3.05) is 23.8 Å². The summed E-state index contributed by atoms with van der Waals surface area (Å²) in [6, 6.07) is 17.0. The van der Waals surface area contributed by atoms with E-state index in [1.54, 1.807) is 54.6 Å². The molecule has 2 aromatic carbocycles. The van der Waals surface area contributed by atoms with Crippen LogP contribution in [-0.4, -0.2) is 37.0 Å². The van der Waals surface area contributed by atoms with E-state index in [0.717, 1.165) is 19.4 Å². The lowest BCUT2D eigenvalue weighted by molar-refractivity contribution is 0.0858. The van der Waals surface area contributed by atoms with Gasteiger partial charge >= 0.3 is 0 Å². The molecular weight excluding hydrogens is 426 g/mol. The molecule has 2 heterocycles. The van der Waals surface area contributed by atoms with Gasteiger partial charge in [-0.25, -0.2) is 0 Å². The van der Waals surface area contributed by atoms with Gasteiger partial charge in [-0.3, -0.25) is 14.4 Å². The third kappa shape index (κ3) is 5.40. The van der Waals surface area contributed by atoms with Crippen LogP contribution >= 0.6 is 11.3 Å². The van der Waals surface area contributed by atoms with Crippen LogP contribution in [0.1, 0.15) is 43.2 Å². The molecule has 1 aliphatic heterocycles. The molecule has 0 bridgehead atoms. The van der Waals surface area contributed by atoms with Crippen LogP contribution in [0.25, 0.3) is 0 Å². The molecule has 1 aromatic heterocycles. The van der Waals surface area contributed by atoms with Gasteiger partial charge in [-0.2, -0.15) is 0 Å². The third-order valence-corrected chi connectivity index (χ3v) is 5.95. The second-order valence-electron chi connectivity index (χ2n) is 7.35. The molecular formula is C24H23N3O4S. The van der Waals surface area contributed by atoms with E-state index in [2.05, 4.69) is 16.0 Å². The number of nitrogens with one attached hydrogen (secondary N) is 3. The molecule has 0 saturated carbocycles. The summed E-state index contributed by atoms with van der Waals surface area (Å²) in [4.78, 5) is 38.1. The molecule has 1 fully saturated rings. The van der Waals surface area contributed by atoms with E-state index in [-0.39, 0.29) is 23.8 Å². The van der Waals surface area contributed by atoms with Crippen molar-refractivity contribution >= 4 is 40.4 Å². The van der Waals surface area contributed by atoms with Gasteiger partial charge in [0.05, 0.1) is 22.2 Å². The SMILES string of the molecule is O=C(Nc1ccccc1C(=O)NCC1CCCO1)c1ccc(NC(=O)c2cccs2)cc1. The van der Waals surface area contributed by atoms with E-state index in [0.29, 0.717) is 33.9 Å². The summed E-state index contributed by atoms with van der Waals surface area (Å²) in [5.74, 6) is -0.802. The quantitative estimate of drug-likeness (QED) is 0.505. The molecule has 0 spiro atoms. The smallest absolute Gasteiger partial charge is 0.265 e. The highest BCUT2D eigenvalue weighted by atomic mass is 32.1. The minimum atomic E-state index is -0.347. The van der Waals surface area contributed by atoms with E-state index < -0.39 is 0 Å². The van der Waals surface area contributed by atoms with Crippen molar-refractivity contribution in [2.24, 2.45) is 0 Å². The van der Waals surface area contributed by atoms with E-state index in [9.17, 15) is 14.4 Å². The largest absolute Gasteiger partial charge is 0.376 e. The molecule has 32 heavy (non-hydrogen) atoms. The Kier molecular flexibility index (Phi) is 6.94. The maximum atomic E-state index is 12.7. The van der Waals surface area contributed by atoms with Crippen LogP contribution in [0, 0.1) is 0 Å². The van der Waals surface area contributed by atoms with Gasteiger partial charge in [0.2, 0.25) is 0 Å². The highest BCUT2D eigenvalue weighted by molar-refractivity contribution is 7.12. The van der Waals surface area contributed by atoms with Crippen molar-refractivity contribution < 1.29 is 19.1 Å². The highest BCUT2D eigenvalue weighted by Gasteiger charge is 2.19. The number of hydrogen-bond acceptors (Lipinski definition) is 5. The zero-order valence-electron chi connectivity index (χ0n) is 17.3. The van der Waals surface area contributed by atoms with E-state index >= 15 is 0 Å². The maximum Gasteiger partial charge on any atom is 0.265 e. The summed E-state index contributed by atoms with van der Waals surface area (Å²) in [7, 11) is 0. The lowest BCUT2D eigenvalue weighted by Crippen LogP contribution is -2.32. The molecule has 3 N–H and O–H groups in total. The standard InChI is InChI=1S/C24H23N3O4S/c28-22(16-9-11-17(12-10-16)26-24(30)21-8-4-14-32-21)27-20-7-2-1-6-19(20)23(29)25-15-18-5-3-13-31-18/h1-2,4,6-12,14,18H,3,5,13,15H2,(H,25,29)(H,26,30)(H,27,28). The van der Waals surface area contributed by atoms with E-state index in [1.165, 1.54) is 11.3 Å². The van der Waals surface area contributed by atoms with Crippen LogP contribution in [0.4, 0.5) is 11.4 Å². The summed E-state index contributed by atoms with van der Waals surface area (Å²) in [5.41, 5.74) is 1.82. The van der Waals surface area contributed by atoms with Gasteiger partial charge in [0.25, 0.3) is 17.7 Å². The van der Waals surface area contributed by atoms with Crippen molar-refractivity contribution in [3.63, 3.8) is 0 Å². The molecule has 0 aliphatic carbocycles. The fourth-order valence-electron chi connectivity index (χ4n) is 3.40. The number of rotatable bonds is 7. The van der Waals surface area contributed by atoms with Gasteiger partial charge in [0.1, 0.15) is 0 Å². The second-order valence-corrected chi connectivity index (χ2v) is 8.30. The first-order chi connectivity index (χ1) is 15.6. The zero-order chi connectivity index (χ0) is 22.3. The van der Waals surface area contributed by atoms with Gasteiger partial charge < -0.3 is 20.7 Å². The second kappa shape index (κ2) is 10.2. The fourth-order valence-corrected chi connectivity index (χ4v) is 4.02. The van der Waals surface area contributed by atoms with Crippen molar-refractivity contribution in [1.82, 2.24) is 5.32 Å². The first-order valence-corrected chi connectivity index (χ1v) is 11.2. The Balaban J connectivity index is 1.38. The number of ether oxygens (including phenoxy) is 1. The number of para-hydroxylation sites is 1. The van der Waals surface area contributed by atoms with Crippen molar-refractivity contribution in [2.45, 2.75) is 18.9 Å². The highest BCUT2D eigenvalue weighted by Crippen LogP contribution is 2.19. The van der Waals surface area contributed by atoms with Crippen LogP contribution in [-0.2, 0) is 4.74 Å². The lowest BCUT2D eigenvalue weighted by Gasteiger charge is -2.14. The molecule has 8 heteroatoms. The van der Waals surface area contributed by atoms with Crippen molar-refractivity contribution in [3.05, 3.63) is 82.0 Å². The molecule has 0 radical (unpaired) electrons. The number of anilines is 2. The van der Waals surface area contributed by atoms with E-state index in [1.807, 2.05) is 11.4 Å². The van der Waals surface area contributed by atoms with Crippen molar-refractivity contribution in [3.8, 4) is 0 Å². The summed E-state index contributed by atoms with van der Waals surface area (Å²) < 4.78 is 5.54. The molecule has 1 saturated heterocycles. The Morgan fingerprint density at radius 1 is 0.906 bits per heavy atom. The number of hydrogen-bond donors (Lipinski definition) is 3. The molecule has 1 unspecified atom stereocenters. The van der Waals surface area contributed by atoms with Gasteiger partial charge in [0, 0.05) is 24.4 Å². The predicted molar refractivity (Wildman–Crippen MR) is 124 cm³/mol. The molecule has 3 amide bonds. The summed E-state index contributed by atoms with van der Waals surface area (Å²) in [6.07, 6.45) is 1.98. The average molecular weight is 450 g/mol. The topological polar surface area (TPSA) is 96.5 Å². The Labute approximate surface area is 189 Å². The Morgan fingerprint density at radius 3 is 2.44 bits per heavy atom. The van der Waals surface area contributed by atoms with Crippen LogP contribution in [0.3, 0.4) is 0 Å². The first-order valence-electron chi connectivity index (χ1n) is 10.4. The Morgan fingerprint density at radius 2 is 1.72 bits per heavy atom. The average Bonchev–Trinajstić information content (AvgIpc) is 3.53. The zero-order valence-corrected chi connectivity index (χ0v) is 18.1. The minimum Gasteiger partial charge on any atom is -0.376 e. The normalized spacial score (nSPS) is 15.2.